The highest BCUT2D eigenvalue weighted by Gasteiger charge is 2.29. The van der Waals surface area contributed by atoms with Crippen LogP contribution in [-0.4, -0.2) is 38.5 Å². The number of carbonyl (C=O) groups excluding carboxylic acids is 1. The molecule has 1 aromatic carbocycles. The summed E-state index contributed by atoms with van der Waals surface area (Å²) in [4.78, 5) is 20.5. The Hall–Kier alpha value is -2.60. The number of hydrogen-bond donors (Lipinski definition) is 0. The van der Waals surface area contributed by atoms with Crippen LogP contribution in [0.25, 0.3) is 11.1 Å². The van der Waals surface area contributed by atoms with Crippen LogP contribution in [0.4, 0.5) is 0 Å². The van der Waals surface area contributed by atoms with Gasteiger partial charge >= 0.3 is 0 Å². The lowest BCUT2D eigenvalue weighted by atomic mass is 9.92. The second-order valence-corrected chi connectivity index (χ2v) is 8.03. The minimum absolute atomic E-state index is 0.0625. The van der Waals surface area contributed by atoms with E-state index in [2.05, 4.69) is 46.0 Å². The molecule has 1 fully saturated rings. The molecule has 3 heterocycles. The van der Waals surface area contributed by atoms with E-state index < -0.39 is 0 Å². The van der Waals surface area contributed by atoms with E-state index in [0.29, 0.717) is 11.4 Å². The molecule has 0 radical (unpaired) electrons. The maximum atomic E-state index is 13.0. The number of rotatable bonds is 4. The lowest BCUT2D eigenvalue weighted by Gasteiger charge is -2.32. The summed E-state index contributed by atoms with van der Waals surface area (Å²) in [6.07, 6.45) is 2.77. The minimum Gasteiger partial charge on any atom is -0.337 e. The first-order chi connectivity index (χ1) is 13.7. The number of benzene rings is 1. The Morgan fingerprint density at radius 3 is 2.82 bits per heavy atom. The number of carbonyl (C=O) groups is 1. The van der Waals surface area contributed by atoms with Crippen molar-refractivity contribution >= 4 is 17.4 Å². The predicted molar refractivity (Wildman–Crippen MR) is 112 cm³/mol. The van der Waals surface area contributed by atoms with Crippen molar-refractivity contribution in [2.24, 2.45) is 0 Å². The second-order valence-electron chi connectivity index (χ2n) is 7.28. The molecule has 4 rings (SSSR count). The molecule has 6 heteroatoms. The summed E-state index contributed by atoms with van der Waals surface area (Å²) in [5.74, 6) is 0.318. The van der Waals surface area contributed by atoms with Crippen LogP contribution >= 0.6 is 11.5 Å². The van der Waals surface area contributed by atoms with Crippen LogP contribution in [0.2, 0.25) is 0 Å². The smallest absolute Gasteiger partial charge is 0.267 e. The third-order valence-electron chi connectivity index (χ3n) is 5.29. The van der Waals surface area contributed by atoms with Crippen molar-refractivity contribution in [1.29, 1.82) is 0 Å². The maximum absolute atomic E-state index is 13.0. The van der Waals surface area contributed by atoms with Crippen LogP contribution in [0.5, 0.6) is 0 Å². The van der Waals surface area contributed by atoms with E-state index in [1.54, 1.807) is 0 Å². The summed E-state index contributed by atoms with van der Waals surface area (Å²) in [6, 6.07) is 14.7. The van der Waals surface area contributed by atoms with E-state index in [9.17, 15) is 4.79 Å². The molecule has 1 aliphatic heterocycles. The summed E-state index contributed by atoms with van der Waals surface area (Å²) >= 11 is 1.21. The molecule has 0 saturated carbocycles. The van der Waals surface area contributed by atoms with Crippen LogP contribution in [0.1, 0.15) is 52.4 Å². The van der Waals surface area contributed by atoms with Crippen LogP contribution in [-0.2, 0) is 6.42 Å². The zero-order valence-corrected chi connectivity index (χ0v) is 17.1. The Morgan fingerprint density at radius 2 is 2.04 bits per heavy atom. The number of piperidine rings is 1. The van der Waals surface area contributed by atoms with E-state index >= 15 is 0 Å². The Balaban J connectivity index is 1.58. The number of amides is 1. The molecular weight excluding hydrogens is 368 g/mol. The van der Waals surface area contributed by atoms with Gasteiger partial charge in [-0.2, -0.15) is 0 Å². The average molecular weight is 393 g/mol. The van der Waals surface area contributed by atoms with Gasteiger partial charge in [0.25, 0.3) is 5.91 Å². The monoisotopic (exact) mass is 392 g/mol. The molecule has 1 amide bonds. The lowest BCUT2D eigenvalue weighted by molar-refractivity contribution is 0.0709. The summed E-state index contributed by atoms with van der Waals surface area (Å²) in [7, 11) is 0. The molecule has 1 atom stereocenters. The first-order valence-corrected chi connectivity index (χ1v) is 10.6. The molecule has 0 bridgehead atoms. The highest BCUT2D eigenvalue weighted by Crippen LogP contribution is 2.30. The largest absolute Gasteiger partial charge is 0.337 e. The Labute approximate surface area is 169 Å². The van der Waals surface area contributed by atoms with Crippen LogP contribution < -0.4 is 0 Å². The molecular formula is C22H24N4OS. The molecule has 0 spiro atoms. The Kier molecular flexibility index (Phi) is 5.48. The van der Waals surface area contributed by atoms with Crippen molar-refractivity contribution in [3.05, 3.63) is 64.4 Å². The van der Waals surface area contributed by atoms with Crippen LogP contribution in [0, 0.1) is 6.92 Å². The van der Waals surface area contributed by atoms with E-state index in [0.717, 1.165) is 42.9 Å². The molecule has 0 aliphatic carbocycles. The predicted octanol–water partition coefficient (Wildman–Crippen LogP) is 4.49. The van der Waals surface area contributed by atoms with E-state index in [1.807, 2.05) is 24.8 Å². The fourth-order valence-corrected chi connectivity index (χ4v) is 4.57. The number of hydrogen-bond acceptors (Lipinski definition) is 5. The van der Waals surface area contributed by atoms with Gasteiger partial charge in [0.2, 0.25) is 0 Å². The number of likely N-dealkylation sites (tertiary alicyclic amines) is 1. The average Bonchev–Trinajstić information content (AvgIpc) is 3.22. The molecule has 3 aromatic rings. The van der Waals surface area contributed by atoms with Gasteiger partial charge in [0, 0.05) is 30.4 Å². The third kappa shape index (κ3) is 3.83. The van der Waals surface area contributed by atoms with Gasteiger partial charge in [-0.25, -0.2) is 0 Å². The molecule has 2 aromatic heterocycles. The Morgan fingerprint density at radius 1 is 1.21 bits per heavy atom. The molecule has 1 aliphatic rings. The SMILES string of the molecule is CCc1nnsc1C(=O)N1CCCC(c2cc(-c3ccccc3)cc(C)n2)C1. The summed E-state index contributed by atoms with van der Waals surface area (Å²) in [5, 5.41) is 4.09. The quantitative estimate of drug-likeness (QED) is 0.656. The lowest BCUT2D eigenvalue weighted by Crippen LogP contribution is -2.39. The molecule has 1 unspecified atom stereocenters. The van der Waals surface area contributed by atoms with E-state index in [-0.39, 0.29) is 11.8 Å². The normalized spacial score (nSPS) is 16.9. The molecule has 144 valence electrons. The molecule has 0 N–H and O–H groups in total. The number of nitrogens with zero attached hydrogens (tertiary/aromatic N) is 4. The zero-order valence-electron chi connectivity index (χ0n) is 16.3. The number of aromatic nitrogens is 3. The second kappa shape index (κ2) is 8.19. The third-order valence-corrected chi connectivity index (χ3v) is 6.05. The number of aryl methyl sites for hydroxylation is 2. The van der Waals surface area contributed by atoms with Gasteiger partial charge in [0.05, 0.1) is 5.69 Å². The fourth-order valence-electron chi connectivity index (χ4n) is 3.85. The van der Waals surface area contributed by atoms with Gasteiger partial charge < -0.3 is 4.90 Å². The molecule has 1 saturated heterocycles. The van der Waals surface area contributed by atoms with Crippen molar-refractivity contribution in [2.45, 2.75) is 39.0 Å². The summed E-state index contributed by atoms with van der Waals surface area (Å²) in [5.41, 5.74) is 5.28. The van der Waals surface area contributed by atoms with Crippen LogP contribution in [0.3, 0.4) is 0 Å². The summed E-state index contributed by atoms with van der Waals surface area (Å²) < 4.78 is 3.97. The first kappa shape index (κ1) is 18.7. The van der Waals surface area contributed by atoms with Gasteiger partial charge in [-0.1, -0.05) is 41.7 Å². The van der Waals surface area contributed by atoms with E-state index in [4.69, 9.17) is 4.98 Å². The van der Waals surface area contributed by atoms with Gasteiger partial charge in [-0.15, -0.1) is 5.10 Å². The molecule has 5 nitrogen and oxygen atoms in total. The van der Waals surface area contributed by atoms with Crippen molar-refractivity contribution in [3.8, 4) is 11.1 Å². The highest BCUT2D eigenvalue weighted by molar-refractivity contribution is 7.08. The highest BCUT2D eigenvalue weighted by atomic mass is 32.1. The first-order valence-electron chi connectivity index (χ1n) is 9.80. The van der Waals surface area contributed by atoms with Crippen molar-refractivity contribution in [3.63, 3.8) is 0 Å². The summed E-state index contributed by atoms with van der Waals surface area (Å²) in [6.45, 7) is 5.53. The minimum atomic E-state index is 0.0625. The van der Waals surface area contributed by atoms with Gasteiger partial charge in [-0.05, 0) is 61.0 Å². The standard InChI is InChI=1S/C22H24N4OS/c1-3-19-21(28-25-24-19)22(27)26-11-7-10-17(14-26)20-13-18(12-15(2)23-20)16-8-5-4-6-9-16/h4-6,8-9,12-13,17H,3,7,10-11,14H2,1-2H3. The van der Waals surface area contributed by atoms with Crippen molar-refractivity contribution in [2.75, 3.05) is 13.1 Å². The van der Waals surface area contributed by atoms with E-state index in [1.165, 1.54) is 22.7 Å². The van der Waals surface area contributed by atoms with Crippen molar-refractivity contribution < 1.29 is 4.79 Å². The maximum Gasteiger partial charge on any atom is 0.267 e. The fraction of sp³-hybridized carbons (Fsp3) is 0.364. The van der Waals surface area contributed by atoms with Crippen LogP contribution in [0.15, 0.2) is 42.5 Å². The topological polar surface area (TPSA) is 59.0 Å². The Bertz CT molecular complexity index is 970. The van der Waals surface area contributed by atoms with Gasteiger partial charge in [0.1, 0.15) is 4.88 Å². The van der Waals surface area contributed by atoms with Gasteiger partial charge in [0.15, 0.2) is 0 Å². The number of pyridine rings is 1. The van der Waals surface area contributed by atoms with Gasteiger partial charge in [-0.3, -0.25) is 9.78 Å². The zero-order chi connectivity index (χ0) is 19.5. The van der Waals surface area contributed by atoms with Crippen molar-refractivity contribution in [1.82, 2.24) is 19.5 Å². The molecule has 28 heavy (non-hydrogen) atoms.